The number of aldehydes is 2. The Balaban J connectivity index is 1.71. The molecule has 8 heteroatoms. The van der Waals surface area contributed by atoms with Gasteiger partial charge in [0.15, 0.2) is 0 Å². The van der Waals surface area contributed by atoms with Gasteiger partial charge >= 0.3 is 0 Å². The van der Waals surface area contributed by atoms with E-state index in [9.17, 15) is 19.2 Å². The van der Waals surface area contributed by atoms with Crippen molar-refractivity contribution in [1.82, 2.24) is 15.5 Å². The van der Waals surface area contributed by atoms with E-state index in [4.69, 9.17) is 4.74 Å². The number of ether oxygens (including phenoxy) is 1. The quantitative estimate of drug-likeness (QED) is 0.584. The molecule has 0 aromatic heterocycles. The lowest BCUT2D eigenvalue weighted by atomic mass is 10.1. The van der Waals surface area contributed by atoms with Gasteiger partial charge in [0.1, 0.15) is 24.4 Å². The molecule has 0 spiro atoms. The summed E-state index contributed by atoms with van der Waals surface area (Å²) in [7, 11) is 0. The Hall–Kier alpha value is -2.74. The van der Waals surface area contributed by atoms with E-state index in [0.717, 1.165) is 11.8 Å². The minimum Gasteiger partial charge on any atom is -0.487 e. The van der Waals surface area contributed by atoms with Crippen molar-refractivity contribution in [2.45, 2.75) is 37.6 Å². The average Bonchev–Trinajstić information content (AvgIpc) is 3.21. The van der Waals surface area contributed by atoms with Crippen molar-refractivity contribution in [2.75, 3.05) is 13.1 Å². The first-order valence-corrected chi connectivity index (χ1v) is 8.57. The van der Waals surface area contributed by atoms with Gasteiger partial charge in [0.25, 0.3) is 5.91 Å². The molecule has 0 saturated carbocycles. The summed E-state index contributed by atoms with van der Waals surface area (Å²) < 4.78 is 5.96. The molecule has 2 aliphatic heterocycles. The Bertz CT molecular complexity index is 708. The highest BCUT2D eigenvalue weighted by Gasteiger charge is 2.33. The predicted octanol–water partition coefficient (Wildman–Crippen LogP) is -0.346. The van der Waals surface area contributed by atoms with E-state index >= 15 is 0 Å². The second-order valence-electron chi connectivity index (χ2n) is 6.41. The Labute approximate surface area is 150 Å². The Morgan fingerprint density at radius 3 is 2.88 bits per heavy atom. The van der Waals surface area contributed by atoms with Crippen molar-refractivity contribution in [3.8, 4) is 5.75 Å². The van der Waals surface area contributed by atoms with E-state index in [1.165, 1.54) is 4.90 Å². The molecule has 8 nitrogen and oxygen atoms in total. The lowest BCUT2D eigenvalue weighted by molar-refractivity contribution is -0.113. The normalized spacial score (nSPS) is 22.6. The monoisotopic (exact) mass is 359 g/mol. The SMILES string of the molecule is O=CCCC(C=O)N1Cc2cc(O[C@H]3CNCC3NC=O)ccc2C1=O. The van der Waals surface area contributed by atoms with Crippen LogP contribution in [-0.4, -0.2) is 61.1 Å². The Morgan fingerprint density at radius 1 is 1.31 bits per heavy atom. The number of rotatable bonds is 9. The van der Waals surface area contributed by atoms with Gasteiger partial charge in [-0.2, -0.15) is 0 Å². The van der Waals surface area contributed by atoms with Crippen LogP contribution in [0.3, 0.4) is 0 Å². The molecule has 2 unspecified atom stereocenters. The summed E-state index contributed by atoms with van der Waals surface area (Å²) in [5.74, 6) is 0.401. The number of benzene rings is 1. The molecule has 0 aliphatic carbocycles. The zero-order valence-corrected chi connectivity index (χ0v) is 14.2. The highest BCUT2D eigenvalue weighted by Crippen LogP contribution is 2.29. The molecule has 3 rings (SSSR count). The first-order chi connectivity index (χ1) is 12.7. The summed E-state index contributed by atoms with van der Waals surface area (Å²) in [6, 6.07) is 4.49. The van der Waals surface area contributed by atoms with Gasteiger partial charge in [-0.15, -0.1) is 0 Å². The highest BCUT2D eigenvalue weighted by atomic mass is 16.5. The van der Waals surface area contributed by atoms with Crippen LogP contribution in [0.1, 0.15) is 28.8 Å². The lowest BCUT2D eigenvalue weighted by Crippen LogP contribution is -2.41. The predicted molar refractivity (Wildman–Crippen MR) is 91.7 cm³/mol. The molecule has 1 aromatic rings. The van der Waals surface area contributed by atoms with Crippen LogP contribution in [0.4, 0.5) is 0 Å². The van der Waals surface area contributed by atoms with Crippen molar-refractivity contribution in [2.24, 2.45) is 0 Å². The third-order valence-corrected chi connectivity index (χ3v) is 4.77. The minimum absolute atomic E-state index is 0.110. The third kappa shape index (κ3) is 3.60. The van der Waals surface area contributed by atoms with Gasteiger partial charge in [-0.3, -0.25) is 9.59 Å². The summed E-state index contributed by atoms with van der Waals surface area (Å²) in [5.41, 5.74) is 1.33. The van der Waals surface area contributed by atoms with Crippen molar-refractivity contribution >= 4 is 24.9 Å². The van der Waals surface area contributed by atoms with Crippen LogP contribution in [0.25, 0.3) is 0 Å². The molecule has 0 bridgehead atoms. The zero-order chi connectivity index (χ0) is 18.5. The number of hydrogen-bond acceptors (Lipinski definition) is 6. The maximum absolute atomic E-state index is 12.5. The number of hydrogen-bond donors (Lipinski definition) is 2. The topological polar surface area (TPSA) is 105 Å². The van der Waals surface area contributed by atoms with Gasteiger partial charge in [-0.1, -0.05) is 0 Å². The minimum atomic E-state index is -0.607. The number of nitrogens with one attached hydrogen (secondary N) is 2. The van der Waals surface area contributed by atoms with Crippen LogP contribution in [-0.2, 0) is 20.9 Å². The van der Waals surface area contributed by atoms with E-state index in [1.807, 2.05) is 0 Å². The van der Waals surface area contributed by atoms with Crippen molar-refractivity contribution in [3.05, 3.63) is 29.3 Å². The number of nitrogens with zero attached hydrogens (tertiary/aromatic N) is 1. The molecular formula is C18H21N3O5. The van der Waals surface area contributed by atoms with Crippen LogP contribution in [0, 0.1) is 0 Å². The number of carbonyl (C=O) groups is 4. The number of fused-ring (bicyclic) bond motifs is 1. The zero-order valence-electron chi connectivity index (χ0n) is 14.2. The molecule has 3 atom stereocenters. The molecule has 2 amide bonds. The largest absolute Gasteiger partial charge is 0.487 e. The molecule has 1 fully saturated rings. The number of amides is 2. The van der Waals surface area contributed by atoms with Gasteiger partial charge in [0.2, 0.25) is 6.41 Å². The van der Waals surface area contributed by atoms with Gasteiger partial charge in [0, 0.05) is 31.6 Å². The van der Waals surface area contributed by atoms with Gasteiger partial charge in [-0.25, -0.2) is 0 Å². The van der Waals surface area contributed by atoms with E-state index < -0.39 is 6.04 Å². The number of carbonyl (C=O) groups excluding carboxylic acids is 4. The first-order valence-electron chi connectivity index (χ1n) is 8.57. The molecule has 2 aliphatic rings. The molecule has 26 heavy (non-hydrogen) atoms. The Morgan fingerprint density at radius 2 is 2.15 bits per heavy atom. The van der Waals surface area contributed by atoms with Crippen LogP contribution >= 0.6 is 0 Å². The molecule has 1 saturated heterocycles. The molecule has 2 heterocycles. The second kappa shape index (κ2) is 8.09. The third-order valence-electron chi connectivity index (χ3n) is 4.77. The molecule has 2 N–H and O–H groups in total. The molecule has 1 aromatic carbocycles. The highest BCUT2D eigenvalue weighted by molar-refractivity contribution is 5.99. The fourth-order valence-corrected chi connectivity index (χ4v) is 3.40. The second-order valence-corrected chi connectivity index (χ2v) is 6.41. The summed E-state index contributed by atoms with van der Waals surface area (Å²) in [6.07, 6.45) is 2.48. The van der Waals surface area contributed by atoms with E-state index in [2.05, 4.69) is 10.6 Å². The fraction of sp³-hybridized carbons (Fsp3) is 0.444. The maximum atomic E-state index is 12.5. The lowest BCUT2D eigenvalue weighted by Gasteiger charge is -2.22. The molecule has 0 radical (unpaired) electrons. The van der Waals surface area contributed by atoms with Crippen molar-refractivity contribution in [1.29, 1.82) is 0 Å². The molecular weight excluding hydrogens is 338 g/mol. The smallest absolute Gasteiger partial charge is 0.255 e. The summed E-state index contributed by atoms with van der Waals surface area (Å²) in [4.78, 5) is 46.5. The Kier molecular flexibility index (Phi) is 5.62. The summed E-state index contributed by atoms with van der Waals surface area (Å²) >= 11 is 0. The van der Waals surface area contributed by atoms with Gasteiger partial charge < -0.3 is 29.9 Å². The fourth-order valence-electron chi connectivity index (χ4n) is 3.40. The van der Waals surface area contributed by atoms with Gasteiger partial charge in [0.05, 0.1) is 12.1 Å². The van der Waals surface area contributed by atoms with Crippen LogP contribution in [0.2, 0.25) is 0 Å². The maximum Gasteiger partial charge on any atom is 0.255 e. The van der Waals surface area contributed by atoms with E-state index in [-0.39, 0.29) is 24.5 Å². The van der Waals surface area contributed by atoms with Crippen molar-refractivity contribution < 1.29 is 23.9 Å². The molecule has 138 valence electrons. The van der Waals surface area contributed by atoms with Crippen LogP contribution in [0.5, 0.6) is 5.75 Å². The van der Waals surface area contributed by atoms with Crippen LogP contribution in [0.15, 0.2) is 18.2 Å². The summed E-state index contributed by atoms with van der Waals surface area (Å²) in [6.45, 7) is 1.57. The first kappa shape index (κ1) is 18.1. The van der Waals surface area contributed by atoms with E-state index in [0.29, 0.717) is 50.1 Å². The average molecular weight is 359 g/mol. The van der Waals surface area contributed by atoms with Crippen LogP contribution < -0.4 is 15.4 Å². The van der Waals surface area contributed by atoms with E-state index in [1.54, 1.807) is 18.2 Å². The summed E-state index contributed by atoms with van der Waals surface area (Å²) in [5, 5.41) is 5.89. The van der Waals surface area contributed by atoms with Crippen molar-refractivity contribution in [3.63, 3.8) is 0 Å². The standard InChI is InChI=1S/C18H21N3O5/c22-5-1-2-13(10-23)21-9-12-6-14(3-4-15(12)18(21)25)26-17-8-19-7-16(17)20-11-24/h3-6,10-11,13,16-17,19H,1-2,7-9H2,(H,20,24)/t13?,16?,17-/m0/s1. The van der Waals surface area contributed by atoms with Gasteiger partial charge in [-0.05, 0) is 30.2 Å².